The number of benzene rings is 2. The maximum atomic E-state index is 11.8. The minimum Gasteiger partial charge on any atom is -0.574 e. The van der Waals surface area contributed by atoms with Gasteiger partial charge < -0.3 is 9.63 Å². The molecule has 0 aliphatic rings. The van der Waals surface area contributed by atoms with Gasteiger partial charge in [-0.2, -0.15) is 5.43 Å². The number of nitrogens with zero attached hydrogens (tertiary/aromatic N) is 1. The molecule has 8 heteroatoms. The van der Waals surface area contributed by atoms with Gasteiger partial charge in [-0.3, -0.25) is 9.32 Å². The number of carbonyl (C=O) groups is 1. The van der Waals surface area contributed by atoms with E-state index < -0.39 is 20.2 Å². The van der Waals surface area contributed by atoms with E-state index in [4.69, 9.17) is 20.9 Å². The first kappa shape index (κ1) is 18.4. The SMILES string of the molecule is C[C@H](N/N=[P+](\[O-])Oc1ccc(Cl)cc1)C(=O)OCc1ccccc1. The second-order valence-corrected chi connectivity index (χ2v) is 6.12. The topological polar surface area (TPSA) is 83.0 Å². The number of carbonyl (C=O) groups excluding carboxylic acids is 1. The van der Waals surface area contributed by atoms with Gasteiger partial charge in [-0.25, -0.2) is 0 Å². The molecule has 2 atom stereocenters. The Kier molecular flexibility index (Phi) is 7.15. The van der Waals surface area contributed by atoms with Crippen molar-refractivity contribution < 1.29 is 18.9 Å². The highest BCUT2D eigenvalue weighted by molar-refractivity contribution is 7.33. The van der Waals surface area contributed by atoms with Crippen molar-refractivity contribution in [2.24, 2.45) is 4.85 Å². The molecule has 0 spiro atoms. The molecule has 0 saturated heterocycles. The first-order valence-electron chi connectivity index (χ1n) is 7.12. The van der Waals surface area contributed by atoms with Crippen LogP contribution in [0.15, 0.2) is 59.5 Å². The highest BCUT2D eigenvalue weighted by Gasteiger charge is 2.15. The van der Waals surface area contributed by atoms with Crippen LogP contribution in [-0.4, -0.2) is 12.0 Å². The Morgan fingerprint density at radius 1 is 1.25 bits per heavy atom. The zero-order valence-electron chi connectivity index (χ0n) is 12.9. The summed E-state index contributed by atoms with van der Waals surface area (Å²) in [5.74, 6) is -0.136. The van der Waals surface area contributed by atoms with E-state index in [-0.39, 0.29) is 6.61 Å². The number of nitrogens with one attached hydrogen (secondary N) is 1. The molecule has 0 amide bonds. The highest BCUT2D eigenvalue weighted by Crippen LogP contribution is 2.23. The second-order valence-electron chi connectivity index (χ2n) is 4.83. The quantitative estimate of drug-likeness (QED) is 0.462. The van der Waals surface area contributed by atoms with Gasteiger partial charge >= 0.3 is 14.1 Å². The van der Waals surface area contributed by atoms with Crippen LogP contribution >= 0.6 is 19.8 Å². The molecule has 0 aliphatic heterocycles. The molecule has 2 rings (SSSR count). The normalized spacial score (nSPS) is 12.5. The fourth-order valence-electron chi connectivity index (χ4n) is 1.65. The molecule has 0 aromatic heterocycles. The van der Waals surface area contributed by atoms with Crippen LogP contribution in [0.1, 0.15) is 12.5 Å². The van der Waals surface area contributed by atoms with Crippen molar-refractivity contribution >= 4 is 25.7 Å². The van der Waals surface area contributed by atoms with Crippen LogP contribution in [0.3, 0.4) is 0 Å². The zero-order valence-corrected chi connectivity index (χ0v) is 14.5. The van der Waals surface area contributed by atoms with Crippen molar-refractivity contribution in [3.8, 4) is 5.75 Å². The highest BCUT2D eigenvalue weighted by atomic mass is 35.5. The third-order valence-electron chi connectivity index (χ3n) is 2.91. The standard InChI is InChI=1S/C16H16ClN2O4P/c1-12(16(20)22-11-13-5-3-2-4-6-13)18-19-24(21)23-15-9-7-14(17)8-10-15/h2-10,12,18H,11H2,1H3/t12-/m0/s1. The van der Waals surface area contributed by atoms with Crippen molar-refractivity contribution in [1.29, 1.82) is 0 Å². The van der Waals surface area contributed by atoms with Crippen molar-refractivity contribution in [2.75, 3.05) is 0 Å². The number of hydrogen-bond acceptors (Lipinski definition) is 5. The van der Waals surface area contributed by atoms with Crippen LogP contribution in [0.2, 0.25) is 5.02 Å². The summed E-state index contributed by atoms with van der Waals surface area (Å²) in [6.45, 7) is 1.72. The van der Waals surface area contributed by atoms with E-state index in [9.17, 15) is 9.69 Å². The van der Waals surface area contributed by atoms with E-state index in [2.05, 4.69) is 10.3 Å². The maximum absolute atomic E-state index is 11.8. The smallest absolute Gasteiger partial charge is 0.412 e. The molecule has 0 aliphatic carbocycles. The average Bonchev–Trinajstić information content (AvgIpc) is 2.60. The van der Waals surface area contributed by atoms with Gasteiger partial charge in [0.1, 0.15) is 12.6 Å². The Hall–Kier alpha value is -1.98. The average molecular weight is 367 g/mol. The minimum absolute atomic E-state index is 0.166. The summed E-state index contributed by atoms with van der Waals surface area (Å²) in [6, 6.07) is 14.9. The molecule has 0 fully saturated rings. The van der Waals surface area contributed by atoms with Crippen molar-refractivity contribution in [2.45, 2.75) is 19.6 Å². The van der Waals surface area contributed by atoms with Crippen molar-refractivity contribution in [1.82, 2.24) is 5.43 Å². The van der Waals surface area contributed by atoms with Crippen LogP contribution in [-0.2, 0) is 16.1 Å². The van der Waals surface area contributed by atoms with E-state index in [1.54, 1.807) is 31.2 Å². The van der Waals surface area contributed by atoms with Gasteiger partial charge in [0.15, 0.2) is 5.75 Å². The summed E-state index contributed by atoms with van der Waals surface area (Å²) in [4.78, 5) is 27.2. The molecular formula is C16H16ClN2O4P. The van der Waals surface area contributed by atoms with Gasteiger partial charge in [-0.05, 0) is 36.8 Å². The van der Waals surface area contributed by atoms with Gasteiger partial charge in [-0.15, -0.1) is 0 Å². The lowest BCUT2D eigenvalue weighted by molar-refractivity contribution is -0.169. The predicted molar refractivity (Wildman–Crippen MR) is 90.3 cm³/mol. The predicted octanol–water partition coefficient (Wildman–Crippen LogP) is 3.21. The number of rotatable bonds is 7. The lowest BCUT2D eigenvalue weighted by atomic mass is 10.2. The molecule has 0 radical (unpaired) electrons. The Labute approximate surface area is 146 Å². The summed E-state index contributed by atoms with van der Waals surface area (Å²) in [7, 11) is -2.36. The maximum Gasteiger partial charge on any atom is 0.412 e. The van der Waals surface area contributed by atoms with E-state index in [0.29, 0.717) is 10.8 Å². The molecule has 126 valence electrons. The van der Waals surface area contributed by atoms with Gasteiger partial charge in [0.2, 0.25) is 0 Å². The molecule has 2 aromatic rings. The number of halogens is 1. The Morgan fingerprint density at radius 2 is 1.92 bits per heavy atom. The molecule has 0 bridgehead atoms. The summed E-state index contributed by atoms with van der Waals surface area (Å²) < 4.78 is 10.2. The molecule has 24 heavy (non-hydrogen) atoms. The number of ether oxygens (including phenoxy) is 1. The van der Waals surface area contributed by atoms with Crippen LogP contribution in [0, 0.1) is 0 Å². The Morgan fingerprint density at radius 3 is 2.58 bits per heavy atom. The van der Waals surface area contributed by atoms with E-state index in [1.807, 2.05) is 30.3 Å². The monoisotopic (exact) mass is 366 g/mol. The number of hydrogen-bond donors (Lipinski definition) is 1. The van der Waals surface area contributed by atoms with Crippen LogP contribution in [0.4, 0.5) is 0 Å². The van der Waals surface area contributed by atoms with E-state index >= 15 is 0 Å². The van der Waals surface area contributed by atoms with Gasteiger partial charge in [0.05, 0.1) is 0 Å². The number of esters is 1. The fraction of sp³-hybridized carbons (Fsp3) is 0.188. The molecular weight excluding hydrogens is 351 g/mol. The van der Waals surface area contributed by atoms with Crippen LogP contribution < -0.4 is 14.8 Å². The summed E-state index contributed by atoms with van der Waals surface area (Å²) >= 11 is 5.74. The molecule has 1 N–H and O–H groups in total. The van der Waals surface area contributed by atoms with Crippen LogP contribution in [0.5, 0.6) is 5.75 Å². The summed E-state index contributed by atoms with van der Waals surface area (Å²) in [5, 5.41) is 0.544. The molecule has 0 heterocycles. The zero-order chi connectivity index (χ0) is 17.4. The third kappa shape index (κ3) is 6.26. The largest absolute Gasteiger partial charge is 0.574 e. The van der Waals surface area contributed by atoms with Crippen LogP contribution in [0.25, 0.3) is 0 Å². The van der Waals surface area contributed by atoms with E-state index in [0.717, 1.165) is 5.56 Å². The minimum atomic E-state index is -2.36. The molecule has 2 aromatic carbocycles. The van der Waals surface area contributed by atoms with Crippen molar-refractivity contribution in [3.63, 3.8) is 0 Å². The Balaban J connectivity index is 1.78. The lowest BCUT2D eigenvalue weighted by Crippen LogP contribution is -2.31. The first-order valence-corrected chi connectivity index (χ1v) is 8.63. The lowest BCUT2D eigenvalue weighted by Gasteiger charge is -2.09. The van der Waals surface area contributed by atoms with Gasteiger partial charge in [0.25, 0.3) is 0 Å². The fourth-order valence-corrected chi connectivity index (χ4v) is 2.38. The Bertz CT molecular complexity index is 695. The first-order chi connectivity index (χ1) is 11.5. The summed E-state index contributed by atoms with van der Waals surface area (Å²) in [5.41, 5.74) is 3.35. The third-order valence-corrected chi connectivity index (χ3v) is 3.81. The molecule has 6 nitrogen and oxygen atoms in total. The van der Waals surface area contributed by atoms with Crippen molar-refractivity contribution in [3.05, 3.63) is 65.2 Å². The van der Waals surface area contributed by atoms with Gasteiger partial charge in [0, 0.05) is 9.88 Å². The van der Waals surface area contributed by atoms with Gasteiger partial charge in [-0.1, -0.05) is 41.9 Å². The van der Waals surface area contributed by atoms with E-state index in [1.165, 1.54) is 0 Å². The second kappa shape index (κ2) is 9.35. The molecule has 0 saturated carbocycles. The summed E-state index contributed by atoms with van der Waals surface area (Å²) in [6.07, 6.45) is 0. The molecule has 1 unspecified atom stereocenters.